The second kappa shape index (κ2) is 6.47. The van der Waals surface area contributed by atoms with Gasteiger partial charge in [0.25, 0.3) is 0 Å². The average molecular weight is 369 g/mol. The summed E-state index contributed by atoms with van der Waals surface area (Å²) in [5, 5.41) is 8.51. The summed E-state index contributed by atoms with van der Waals surface area (Å²) in [6, 6.07) is 8.16. The fourth-order valence-electron chi connectivity index (χ4n) is 3.89. The number of likely N-dealkylation sites (tertiary alicyclic amines) is 1. The Hall–Kier alpha value is -2.71. The van der Waals surface area contributed by atoms with E-state index in [-0.39, 0.29) is 18.0 Å². The van der Waals surface area contributed by atoms with E-state index in [2.05, 4.69) is 20.2 Å². The lowest BCUT2D eigenvalue weighted by Crippen LogP contribution is -2.32. The van der Waals surface area contributed by atoms with Crippen molar-refractivity contribution in [2.75, 3.05) is 13.1 Å². The summed E-state index contributed by atoms with van der Waals surface area (Å²) in [6.45, 7) is 2.57. The molecule has 0 unspecified atom stereocenters. The van der Waals surface area contributed by atoms with Crippen molar-refractivity contribution < 1.29 is 13.5 Å². The largest absolute Gasteiger partial charge is 0.368 e. The molecule has 0 radical (unpaired) electrons. The highest BCUT2D eigenvalue weighted by atomic mass is 19.1. The SMILES string of the molecule is Fc1ccc(CN2C[C@@H]3[C@@H](C2)OCc2c(-c4ccncc4F)nnn23)cc1. The van der Waals surface area contributed by atoms with E-state index in [1.807, 2.05) is 4.68 Å². The topological polar surface area (TPSA) is 56.1 Å². The summed E-state index contributed by atoms with van der Waals surface area (Å²) in [7, 11) is 0. The molecule has 6 nitrogen and oxygen atoms in total. The molecule has 138 valence electrons. The molecular weight excluding hydrogens is 352 g/mol. The van der Waals surface area contributed by atoms with E-state index in [9.17, 15) is 8.78 Å². The molecule has 4 heterocycles. The van der Waals surface area contributed by atoms with E-state index >= 15 is 0 Å². The molecule has 1 saturated heterocycles. The van der Waals surface area contributed by atoms with Crippen molar-refractivity contribution in [3.8, 4) is 11.3 Å². The second-order valence-corrected chi connectivity index (χ2v) is 6.92. The first-order valence-corrected chi connectivity index (χ1v) is 8.81. The van der Waals surface area contributed by atoms with Crippen molar-refractivity contribution >= 4 is 0 Å². The quantitative estimate of drug-likeness (QED) is 0.710. The predicted octanol–water partition coefficient (Wildman–Crippen LogP) is 2.57. The molecular formula is C19H17F2N5O. The maximum absolute atomic E-state index is 14.1. The Morgan fingerprint density at radius 3 is 2.78 bits per heavy atom. The van der Waals surface area contributed by atoms with Gasteiger partial charge in [-0.3, -0.25) is 9.88 Å². The van der Waals surface area contributed by atoms with Crippen LogP contribution in [0.3, 0.4) is 0 Å². The molecule has 5 rings (SSSR count). The van der Waals surface area contributed by atoms with E-state index in [0.717, 1.165) is 24.3 Å². The summed E-state index contributed by atoms with van der Waals surface area (Å²) in [4.78, 5) is 6.04. The monoisotopic (exact) mass is 369 g/mol. The van der Waals surface area contributed by atoms with Crippen LogP contribution in [0.5, 0.6) is 0 Å². The molecule has 27 heavy (non-hydrogen) atoms. The van der Waals surface area contributed by atoms with Crippen molar-refractivity contribution in [2.24, 2.45) is 0 Å². The highest BCUT2D eigenvalue weighted by molar-refractivity contribution is 5.61. The molecule has 1 aromatic carbocycles. The van der Waals surface area contributed by atoms with Crippen LogP contribution in [0.15, 0.2) is 42.7 Å². The summed E-state index contributed by atoms with van der Waals surface area (Å²) >= 11 is 0. The molecule has 1 fully saturated rings. The minimum absolute atomic E-state index is 0.00906. The number of hydrogen-bond acceptors (Lipinski definition) is 5. The Kier molecular flexibility index (Phi) is 3.95. The van der Waals surface area contributed by atoms with Gasteiger partial charge in [-0.2, -0.15) is 0 Å². The van der Waals surface area contributed by atoms with Crippen molar-refractivity contribution in [3.63, 3.8) is 0 Å². The van der Waals surface area contributed by atoms with Gasteiger partial charge in [0, 0.05) is 31.4 Å². The van der Waals surface area contributed by atoms with E-state index < -0.39 is 5.82 Å². The van der Waals surface area contributed by atoms with Gasteiger partial charge in [-0.05, 0) is 23.8 Å². The zero-order chi connectivity index (χ0) is 18.4. The number of rotatable bonds is 3. The van der Waals surface area contributed by atoms with Crippen molar-refractivity contribution in [3.05, 3.63) is 65.6 Å². The standard InChI is InChI=1S/C19H17F2N5O/c20-13-3-1-12(2-4-13)8-25-9-16-18(10-25)27-11-17-19(23-24-26(16)17)14-5-6-22-7-15(14)21/h1-7,16,18H,8-11H2/t16-,18-/m1/s1. The molecule has 0 bridgehead atoms. The van der Waals surface area contributed by atoms with Gasteiger partial charge < -0.3 is 4.74 Å². The molecule has 2 atom stereocenters. The number of nitrogens with zero attached hydrogens (tertiary/aromatic N) is 5. The van der Waals surface area contributed by atoms with Crippen molar-refractivity contribution in [1.82, 2.24) is 24.9 Å². The fourth-order valence-corrected chi connectivity index (χ4v) is 3.89. The minimum atomic E-state index is -0.424. The first-order chi connectivity index (χ1) is 13.2. The molecule has 2 aliphatic heterocycles. The van der Waals surface area contributed by atoms with Gasteiger partial charge in [0.2, 0.25) is 0 Å². The lowest BCUT2D eigenvalue weighted by atomic mass is 10.1. The molecule has 2 aromatic heterocycles. The Balaban J connectivity index is 1.39. The first-order valence-electron chi connectivity index (χ1n) is 8.81. The van der Waals surface area contributed by atoms with Gasteiger partial charge in [0.15, 0.2) is 5.82 Å². The number of aromatic nitrogens is 4. The molecule has 2 aliphatic rings. The van der Waals surface area contributed by atoms with E-state index in [4.69, 9.17) is 4.74 Å². The summed E-state index contributed by atoms with van der Waals surface area (Å²) < 4.78 is 35.1. The van der Waals surface area contributed by atoms with Gasteiger partial charge >= 0.3 is 0 Å². The molecule has 0 amide bonds. The molecule has 8 heteroatoms. The zero-order valence-corrected chi connectivity index (χ0v) is 14.4. The molecule has 3 aromatic rings. The Morgan fingerprint density at radius 2 is 1.96 bits per heavy atom. The highest BCUT2D eigenvalue weighted by Crippen LogP contribution is 2.35. The smallest absolute Gasteiger partial charge is 0.150 e. The maximum Gasteiger partial charge on any atom is 0.150 e. The normalized spacial score (nSPS) is 21.9. The summed E-state index contributed by atoms with van der Waals surface area (Å²) in [5.41, 5.74) is 2.72. The number of benzene rings is 1. The Bertz CT molecular complexity index is 974. The maximum atomic E-state index is 14.1. The van der Waals surface area contributed by atoms with Crippen LogP contribution in [-0.2, 0) is 17.9 Å². The van der Waals surface area contributed by atoms with E-state index in [0.29, 0.717) is 24.4 Å². The summed E-state index contributed by atoms with van der Waals surface area (Å²) in [6.07, 6.45) is 2.72. The predicted molar refractivity (Wildman–Crippen MR) is 92.5 cm³/mol. The average Bonchev–Trinajstić information content (AvgIpc) is 3.27. The van der Waals surface area contributed by atoms with Crippen LogP contribution in [0.4, 0.5) is 8.78 Å². The molecule has 0 saturated carbocycles. The van der Waals surface area contributed by atoms with Crippen LogP contribution in [-0.4, -0.2) is 44.1 Å². The highest BCUT2D eigenvalue weighted by Gasteiger charge is 2.40. The minimum Gasteiger partial charge on any atom is -0.368 e. The number of hydrogen-bond donors (Lipinski definition) is 0. The molecule has 0 aliphatic carbocycles. The lowest BCUT2D eigenvalue weighted by molar-refractivity contribution is -0.00494. The van der Waals surface area contributed by atoms with Crippen molar-refractivity contribution in [2.45, 2.75) is 25.3 Å². The van der Waals surface area contributed by atoms with Crippen LogP contribution in [0.25, 0.3) is 11.3 Å². The number of fused-ring (bicyclic) bond motifs is 3. The summed E-state index contributed by atoms with van der Waals surface area (Å²) in [5.74, 6) is -0.660. The first kappa shape index (κ1) is 16.5. The lowest BCUT2D eigenvalue weighted by Gasteiger charge is -2.26. The number of ether oxygens (including phenoxy) is 1. The third-order valence-electron chi connectivity index (χ3n) is 5.20. The van der Waals surface area contributed by atoms with Gasteiger partial charge in [-0.1, -0.05) is 17.3 Å². The van der Waals surface area contributed by atoms with Crippen LogP contribution < -0.4 is 0 Å². The Morgan fingerprint density at radius 1 is 1.11 bits per heavy atom. The van der Waals surface area contributed by atoms with Crippen LogP contribution in [0.1, 0.15) is 17.3 Å². The van der Waals surface area contributed by atoms with Gasteiger partial charge in [0.1, 0.15) is 11.5 Å². The van der Waals surface area contributed by atoms with Crippen molar-refractivity contribution in [1.29, 1.82) is 0 Å². The van der Waals surface area contributed by atoms with Crippen LogP contribution in [0.2, 0.25) is 0 Å². The Labute approximate surface area is 154 Å². The second-order valence-electron chi connectivity index (χ2n) is 6.92. The van der Waals surface area contributed by atoms with E-state index in [1.165, 1.54) is 24.5 Å². The fraction of sp³-hybridized carbons (Fsp3) is 0.316. The number of pyridine rings is 1. The van der Waals surface area contributed by atoms with Crippen LogP contribution in [0, 0.1) is 11.6 Å². The van der Waals surface area contributed by atoms with Gasteiger partial charge in [-0.25, -0.2) is 13.5 Å². The zero-order valence-electron chi connectivity index (χ0n) is 14.4. The number of halogens is 2. The van der Waals surface area contributed by atoms with Crippen LogP contribution >= 0.6 is 0 Å². The third-order valence-corrected chi connectivity index (χ3v) is 5.20. The van der Waals surface area contributed by atoms with Gasteiger partial charge in [0.05, 0.1) is 30.6 Å². The molecule has 0 N–H and O–H groups in total. The third kappa shape index (κ3) is 2.90. The molecule has 0 spiro atoms. The van der Waals surface area contributed by atoms with E-state index in [1.54, 1.807) is 18.2 Å². The van der Waals surface area contributed by atoms with Gasteiger partial charge in [-0.15, -0.1) is 5.10 Å².